The Morgan fingerprint density at radius 1 is 0.853 bits per heavy atom. The summed E-state index contributed by atoms with van der Waals surface area (Å²) in [6, 6.07) is 0.168. The molecule has 2 N–H and O–H groups in total. The first-order valence-electron chi connectivity index (χ1n) is 12.4. The van der Waals surface area contributed by atoms with E-state index in [4.69, 9.17) is 14.2 Å². The van der Waals surface area contributed by atoms with Gasteiger partial charge >= 0.3 is 18.2 Å². The Balaban J connectivity index is 0.000000481. The molecule has 2 aliphatic carbocycles. The number of carbonyl (C=O) groups is 3. The van der Waals surface area contributed by atoms with Crippen molar-refractivity contribution in [2.75, 3.05) is 6.61 Å². The first kappa shape index (κ1) is 32.0. The highest BCUT2D eigenvalue weighted by Gasteiger charge is 2.27. The first-order valence-corrected chi connectivity index (χ1v) is 12.4. The Hall–Kier alpha value is -1.99. The van der Waals surface area contributed by atoms with E-state index in [1.807, 2.05) is 76.2 Å². The summed E-state index contributed by atoms with van der Waals surface area (Å²) in [7, 11) is 0. The van der Waals surface area contributed by atoms with Gasteiger partial charge in [-0.2, -0.15) is 0 Å². The molecule has 2 aliphatic rings. The van der Waals surface area contributed by atoms with Crippen LogP contribution < -0.4 is 10.6 Å². The lowest BCUT2D eigenvalue weighted by Gasteiger charge is -2.23. The molecule has 0 heterocycles. The van der Waals surface area contributed by atoms with Gasteiger partial charge in [-0.15, -0.1) is 0 Å². The number of carbonyl (C=O) groups excluding carboxylic acids is 3. The zero-order valence-electron chi connectivity index (χ0n) is 23.4. The molecule has 200 valence electrons. The Morgan fingerprint density at radius 3 is 1.74 bits per heavy atom. The third-order valence-corrected chi connectivity index (χ3v) is 3.92. The van der Waals surface area contributed by atoms with E-state index < -0.39 is 0 Å². The highest BCUT2D eigenvalue weighted by Crippen LogP contribution is 2.28. The van der Waals surface area contributed by atoms with Gasteiger partial charge in [-0.25, -0.2) is 9.59 Å². The van der Waals surface area contributed by atoms with Gasteiger partial charge in [0.2, 0.25) is 0 Å². The lowest BCUT2D eigenvalue weighted by molar-refractivity contribution is -0.156. The summed E-state index contributed by atoms with van der Waals surface area (Å²) in [6.45, 7) is 21.9. The lowest BCUT2D eigenvalue weighted by atomic mass is 9.92. The lowest BCUT2D eigenvalue weighted by Crippen LogP contribution is -2.41. The summed E-state index contributed by atoms with van der Waals surface area (Å²) in [5, 5.41) is 5.39. The molecule has 8 nitrogen and oxygen atoms in total. The number of rotatable bonds is 5. The van der Waals surface area contributed by atoms with Crippen LogP contribution in [-0.2, 0) is 19.0 Å². The molecule has 0 atom stereocenters. The Labute approximate surface area is 207 Å². The number of ether oxygens (including phenoxy) is 3. The van der Waals surface area contributed by atoms with E-state index >= 15 is 0 Å². The minimum Gasteiger partial charge on any atom is -0.460 e. The summed E-state index contributed by atoms with van der Waals surface area (Å²) in [5.41, 5.74) is -0.531. The fourth-order valence-electron chi connectivity index (χ4n) is 2.24. The molecular weight excluding hydrogens is 436 g/mol. The van der Waals surface area contributed by atoms with Gasteiger partial charge in [0.25, 0.3) is 0 Å². The topological polar surface area (TPSA) is 103 Å². The van der Waals surface area contributed by atoms with E-state index in [0.29, 0.717) is 18.9 Å². The van der Waals surface area contributed by atoms with Crippen LogP contribution in [0.3, 0.4) is 0 Å². The van der Waals surface area contributed by atoms with Crippen LogP contribution in [0.25, 0.3) is 0 Å². The molecule has 0 unspecified atom stereocenters. The quantitative estimate of drug-likeness (QED) is 0.367. The molecule has 2 amide bonds. The minimum absolute atomic E-state index is 0.0162. The van der Waals surface area contributed by atoms with E-state index in [1.54, 1.807) is 0 Å². The molecule has 0 spiro atoms. The second-order valence-electron chi connectivity index (χ2n) is 12.6. The molecule has 0 radical (unpaired) electrons. The van der Waals surface area contributed by atoms with Gasteiger partial charge in [-0.3, -0.25) is 4.79 Å². The van der Waals surface area contributed by atoms with Gasteiger partial charge in [0.05, 0.1) is 13.0 Å². The zero-order chi connectivity index (χ0) is 26.7. The van der Waals surface area contributed by atoms with Crippen LogP contribution in [0.15, 0.2) is 0 Å². The Kier molecular flexibility index (Phi) is 13.0. The number of nitrogens with one attached hydrogen (secondary N) is 2. The van der Waals surface area contributed by atoms with Gasteiger partial charge in [-0.05, 0) is 92.4 Å². The molecule has 0 aromatic rings. The van der Waals surface area contributed by atoms with Gasteiger partial charge in [0.1, 0.15) is 11.7 Å². The Morgan fingerprint density at radius 2 is 1.38 bits per heavy atom. The van der Waals surface area contributed by atoms with Crippen LogP contribution in [0.5, 0.6) is 0 Å². The highest BCUT2D eigenvalue weighted by molar-refractivity contribution is 5.70. The van der Waals surface area contributed by atoms with Crippen molar-refractivity contribution in [3.05, 3.63) is 0 Å². The molecule has 34 heavy (non-hydrogen) atoms. The Bertz CT molecular complexity index is 615. The van der Waals surface area contributed by atoms with Gasteiger partial charge in [0, 0.05) is 11.6 Å². The molecule has 2 saturated carbocycles. The van der Waals surface area contributed by atoms with Gasteiger partial charge in [0.15, 0.2) is 0 Å². The summed E-state index contributed by atoms with van der Waals surface area (Å²) in [6.07, 6.45) is 4.58. The normalized spacial score (nSPS) is 15.6. The molecule has 2 rings (SSSR count). The molecule has 0 aromatic heterocycles. The summed E-state index contributed by atoms with van der Waals surface area (Å²) < 4.78 is 15.1. The number of hydrogen-bond donors (Lipinski definition) is 2. The van der Waals surface area contributed by atoms with E-state index in [0.717, 1.165) is 12.8 Å². The number of hydrogen-bond acceptors (Lipinski definition) is 6. The standard InChI is InChI=1S/C10H20O2.2C8H15NO2/c1-9(2,3)7-8(11)12-10(4,5)6;1-8(2,3)9-7(10)11-6-4-5-6;1-6(2)9-8(10)11-5-7-3-4-7/h7H2,1-6H3;6H,4-5H2,1-3H3,(H,9,10);6-7H,3-5H2,1-2H3,(H,9,10). The number of alkyl carbamates (subject to hydrolysis) is 2. The molecule has 8 heteroatoms. The van der Waals surface area contributed by atoms with Crippen LogP contribution >= 0.6 is 0 Å². The van der Waals surface area contributed by atoms with Gasteiger partial charge in [-0.1, -0.05) is 20.8 Å². The second kappa shape index (κ2) is 13.8. The van der Waals surface area contributed by atoms with Crippen molar-refractivity contribution in [3.8, 4) is 0 Å². The maximum atomic E-state index is 11.3. The van der Waals surface area contributed by atoms with Crippen molar-refractivity contribution < 1.29 is 28.6 Å². The largest absolute Gasteiger partial charge is 0.460 e. The van der Waals surface area contributed by atoms with E-state index in [-0.39, 0.29) is 46.9 Å². The van der Waals surface area contributed by atoms with Crippen molar-refractivity contribution in [1.29, 1.82) is 0 Å². The van der Waals surface area contributed by atoms with Gasteiger partial charge < -0.3 is 24.8 Å². The van der Waals surface area contributed by atoms with E-state index in [9.17, 15) is 14.4 Å². The zero-order valence-corrected chi connectivity index (χ0v) is 23.4. The smallest absolute Gasteiger partial charge is 0.407 e. The maximum absolute atomic E-state index is 11.3. The van der Waals surface area contributed by atoms with Crippen molar-refractivity contribution in [3.63, 3.8) is 0 Å². The predicted octanol–water partition coefficient (Wildman–Crippen LogP) is 5.97. The van der Waals surface area contributed by atoms with Crippen LogP contribution in [-0.4, -0.2) is 48.0 Å². The third kappa shape index (κ3) is 24.6. The van der Waals surface area contributed by atoms with Crippen molar-refractivity contribution in [2.45, 2.75) is 132 Å². The number of esters is 1. The summed E-state index contributed by atoms with van der Waals surface area (Å²) in [4.78, 5) is 33.1. The highest BCUT2D eigenvalue weighted by atomic mass is 16.6. The minimum atomic E-state index is -0.359. The predicted molar refractivity (Wildman–Crippen MR) is 135 cm³/mol. The fourth-order valence-corrected chi connectivity index (χ4v) is 2.24. The SMILES string of the molecule is CC(C)(C)CC(=O)OC(C)(C)C.CC(C)(C)NC(=O)OC1CC1.CC(C)NC(=O)OCC1CC1. The van der Waals surface area contributed by atoms with E-state index in [1.165, 1.54) is 12.8 Å². The molecule has 0 saturated heterocycles. The van der Waals surface area contributed by atoms with Crippen molar-refractivity contribution in [2.24, 2.45) is 11.3 Å². The first-order chi connectivity index (χ1) is 15.3. The molecule has 0 aliphatic heterocycles. The molecule has 2 fully saturated rings. The average Bonchev–Trinajstić information content (AvgIpc) is 3.43. The summed E-state index contributed by atoms with van der Waals surface area (Å²) in [5.74, 6) is 0.530. The van der Waals surface area contributed by atoms with Crippen LogP contribution in [0.1, 0.15) is 108 Å². The fraction of sp³-hybridized carbons (Fsp3) is 0.885. The molecular formula is C26H50N2O6. The molecule has 0 aromatic carbocycles. The second-order valence-corrected chi connectivity index (χ2v) is 12.6. The van der Waals surface area contributed by atoms with Crippen molar-refractivity contribution >= 4 is 18.2 Å². The average molecular weight is 487 g/mol. The van der Waals surface area contributed by atoms with Crippen LogP contribution in [0.2, 0.25) is 0 Å². The third-order valence-electron chi connectivity index (χ3n) is 3.92. The maximum Gasteiger partial charge on any atom is 0.407 e. The van der Waals surface area contributed by atoms with E-state index in [2.05, 4.69) is 10.6 Å². The monoisotopic (exact) mass is 486 g/mol. The molecule has 0 bridgehead atoms. The van der Waals surface area contributed by atoms with Crippen molar-refractivity contribution in [1.82, 2.24) is 10.6 Å². The number of amides is 2. The van der Waals surface area contributed by atoms with Crippen LogP contribution in [0, 0.1) is 11.3 Å². The van der Waals surface area contributed by atoms with Crippen LogP contribution in [0.4, 0.5) is 9.59 Å². The summed E-state index contributed by atoms with van der Waals surface area (Å²) >= 11 is 0.